The highest BCUT2D eigenvalue weighted by molar-refractivity contribution is 6.04. The summed E-state index contributed by atoms with van der Waals surface area (Å²) in [7, 11) is 0. The van der Waals surface area contributed by atoms with Crippen LogP contribution in [0.25, 0.3) is 0 Å². The smallest absolute Gasteiger partial charge is 0.223 e. The number of rotatable bonds is 2. The third-order valence-corrected chi connectivity index (χ3v) is 13.8. The Morgan fingerprint density at radius 3 is 2.21 bits per heavy atom. The maximum Gasteiger partial charge on any atom is 0.223 e. The number of nitriles is 1. The molecule has 6 aliphatic carbocycles. The molecule has 0 saturated heterocycles. The van der Waals surface area contributed by atoms with Crippen molar-refractivity contribution in [3.05, 3.63) is 11.6 Å². The molecule has 0 heterocycles. The summed E-state index contributed by atoms with van der Waals surface area (Å²) in [6.07, 6.45) is 11.3. The molecule has 212 valence electrons. The van der Waals surface area contributed by atoms with Gasteiger partial charge in [-0.15, -0.1) is 0 Å². The fraction of sp³-hybridized carbons (Fsp3) is 0.824. The lowest BCUT2D eigenvalue weighted by atomic mass is 9.32. The number of hydrogen-bond acceptors (Lipinski definition) is 4. The lowest BCUT2D eigenvalue weighted by Gasteiger charge is -2.72. The van der Waals surface area contributed by atoms with E-state index in [2.05, 4.69) is 46.0 Å². The number of amides is 1. The number of carbonyl (C=O) groups excluding carboxylic acids is 3. The Bertz CT molecular complexity index is 1220. The van der Waals surface area contributed by atoms with Crippen LogP contribution in [0.2, 0.25) is 0 Å². The van der Waals surface area contributed by atoms with Crippen molar-refractivity contribution >= 4 is 17.5 Å². The zero-order chi connectivity index (χ0) is 28.4. The summed E-state index contributed by atoms with van der Waals surface area (Å²) in [5, 5.41) is 13.5. The fourth-order valence-electron chi connectivity index (χ4n) is 11.2. The van der Waals surface area contributed by atoms with Gasteiger partial charge in [0.25, 0.3) is 0 Å². The van der Waals surface area contributed by atoms with Crippen molar-refractivity contribution < 1.29 is 14.4 Å². The van der Waals surface area contributed by atoms with Gasteiger partial charge in [0.05, 0.1) is 5.57 Å². The number of nitrogens with one attached hydrogen (secondary N) is 1. The van der Waals surface area contributed by atoms with Crippen LogP contribution in [0.3, 0.4) is 0 Å². The second-order valence-electron chi connectivity index (χ2n) is 16.6. The van der Waals surface area contributed by atoms with Gasteiger partial charge in [0.15, 0.2) is 5.78 Å². The first-order valence-electron chi connectivity index (χ1n) is 15.6. The van der Waals surface area contributed by atoms with Crippen LogP contribution in [0.4, 0.5) is 0 Å². The lowest BCUT2D eigenvalue weighted by Crippen LogP contribution is -2.72. The average Bonchev–Trinajstić information content (AvgIpc) is 3.69. The third kappa shape index (κ3) is 3.51. The summed E-state index contributed by atoms with van der Waals surface area (Å²) in [5.41, 5.74) is -1.10. The standard InChI is InChI=1S/C34H48N2O3/c1-29(2)12-14-34(36-28(39)20-8-9-20)15-13-33(7)26(22(34)18-29)23(37)16-25-31(5)17-21(19-35)27(38)30(3,4)24(31)10-11-32(25,33)6/h17,20,22,24-26H,8-16,18H2,1-7H3,(H,36,39)/t22-,24+,25-,26+,31+,32-,33-,34+/m1/s1. The molecule has 5 nitrogen and oxygen atoms in total. The molecule has 6 aliphatic rings. The topological polar surface area (TPSA) is 87.0 Å². The van der Waals surface area contributed by atoms with Crippen LogP contribution >= 0.6 is 0 Å². The quantitative estimate of drug-likeness (QED) is 0.436. The number of Topliss-reactive ketones (excluding diaryl/α,β-unsaturated/α-hetero) is 2. The molecule has 0 unspecified atom stereocenters. The molecule has 0 bridgehead atoms. The normalized spacial score (nSPS) is 47.9. The van der Waals surface area contributed by atoms with Crippen molar-refractivity contribution in [1.29, 1.82) is 5.26 Å². The fourth-order valence-corrected chi connectivity index (χ4v) is 11.2. The molecule has 0 aromatic rings. The monoisotopic (exact) mass is 532 g/mol. The Kier molecular flexibility index (Phi) is 5.63. The first-order valence-corrected chi connectivity index (χ1v) is 15.6. The predicted octanol–water partition coefficient (Wildman–Crippen LogP) is 6.56. The van der Waals surface area contributed by atoms with Crippen molar-refractivity contribution in [2.75, 3.05) is 0 Å². The molecule has 5 heteroatoms. The molecule has 5 saturated carbocycles. The maximum atomic E-state index is 14.6. The van der Waals surface area contributed by atoms with Crippen LogP contribution in [0, 0.1) is 68.0 Å². The molecule has 6 rings (SSSR count). The Morgan fingerprint density at radius 1 is 0.897 bits per heavy atom. The van der Waals surface area contributed by atoms with E-state index in [1.165, 1.54) is 0 Å². The Balaban J connectivity index is 1.44. The van der Waals surface area contributed by atoms with E-state index in [4.69, 9.17) is 0 Å². The van der Waals surface area contributed by atoms with Crippen molar-refractivity contribution in [2.45, 2.75) is 118 Å². The summed E-state index contributed by atoms with van der Waals surface area (Å²) in [6, 6.07) is 2.22. The Hall–Kier alpha value is -1.96. The van der Waals surface area contributed by atoms with E-state index in [1.54, 1.807) is 0 Å². The highest BCUT2D eigenvalue weighted by Gasteiger charge is 2.72. The van der Waals surface area contributed by atoms with Gasteiger partial charge in [-0.05, 0) is 97.2 Å². The summed E-state index contributed by atoms with van der Waals surface area (Å²) >= 11 is 0. The van der Waals surface area contributed by atoms with Crippen molar-refractivity contribution in [3.8, 4) is 6.07 Å². The number of hydrogen-bond donors (Lipinski definition) is 1. The second-order valence-corrected chi connectivity index (χ2v) is 16.6. The number of nitrogens with zero attached hydrogens (tertiary/aromatic N) is 1. The maximum absolute atomic E-state index is 14.6. The van der Waals surface area contributed by atoms with Crippen LogP contribution < -0.4 is 5.32 Å². The Morgan fingerprint density at radius 2 is 1.56 bits per heavy atom. The van der Waals surface area contributed by atoms with Gasteiger partial charge in [-0.1, -0.05) is 54.5 Å². The lowest BCUT2D eigenvalue weighted by molar-refractivity contribution is -0.215. The molecular formula is C34H48N2O3. The van der Waals surface area contributed by atoms with Gasteiger partial charge < -0.3 is 5.32 Å². The van der Waals surface area contributed by atoms with Crippen molar-refractivity contribution in [3.63, 3.8) is 0 Å². The highest BCUT2D eigenvalue weighted by atomic mass is 16.2. The van der Waals surface area contributed by atoms with Crippen LogP contribution in [-0.4, -0.2) is 23.0 Å². The van der Waals surface area contributed by atoms with Crippen molar-refractivity contribution in [1.82, 2.24) is 5.32 Å². The number of carbonyl (C=O) groups is 3. The van der Waals surface area contributed by atoms with E-state index in [0.29, 0.717) is 12.2 Å². The molecule has 1 N–H and O–H groups in total. The Labute approximate surface area is 234 Å². The minimum atomic E-state index is -0.612. The van der Waals surface area contributed by atoms with Gasteiger partial charge in [-0.25, -0.2) is 0 Å². The van der Waals surface area contributed by atoms with Crippen LogP contribution in [-0.2, 0) is 14.4 Å². The minimum absolute atomic E-state index is 0.0411. The molecular weight excluding hydrogens is 484 g/mol. The summed E-state index contributed by atoms with van der Waals surface area (Å²) in [5.74, 6) is 1.01. The SMILES string of the molecule is CC1(C)CC[C@]2(NC(=O)C3CC3)CC[C@]3(C)[C@H](C(=O)C[C@@H]4[C@@]5(C)C=C(C#N)C(=O)C(C)(C)[C@@H]5CC[C@]43C)[C@H]2C1. The van der Waals surface area contributed by atoms with Gasteiger partial charge in [-0.3, -0.25) is 14.4 Å². The van der Waals surface area contributed by atoms with E-state index in [0.717, 1.165) is 57.8 Å². The first-order chi connectivity index (χ1) is 18.0. The summed E-state index contributed by atoms with van der Waals surface area (Å²) < 4.78 is 0. The largest absolute Gasteiger partial charge is 0.350 e. The minimum Gasteiger partial charge on any atom is -0.350 e. The van der Waals surface area contributed by atoms with Crippen LogP contribution in [0.1, 0.15) is 113 Å². The molecule has 1 amide bonds. The highest BCUT2D eigenvalue weighted by Crippen LogP contribution is 2.74. The molecule has 39 heavy (non-hydrogen) atoms. The zero-order valence-corrected chi connectivity index (χ0v) is 25.2. The third-order valence-electron chi connectivity index (χ3n) is 13.8. The van der Waals surface area contributed by atoms with Gasteiger partial charge in [-0.2, -0.15) is 5.26 Å². The van der Waals surface area contributed by atoms with Crippen molar-refractivity contribution in [2.24, 2.45) is 56.7 Å². The molecule has 8 atom stereocenters. The van der Waals surface area contributed by atoms with Crippen LogP contribution in [0.5, 0.6) is 0 Å². The number of fused-ring (bicyclic) bond motifs is 7. The number of allylic oxidation sites excluding steroid dienone is 2. The molecule has 0 aliphatic heterocycles. The van der Waals surface area contributed by atoms with E-state index in [1.807, 2.05) is 19.9 Å². The molecule has 0 aromatic heterocycles. The van der Waals surface area contributed by atoms with Gasteiger partial charge in [0.2, 0.25) is 5.91 Å². The van der Waals surface area contributed by atoms with E-state index in [9.17, 15) is 19.6 Å². The first kappa shape index (κ1) is 27.2. The zero-order valence-electron chi connectivity index (χ0n) is 25.2. The van der Waals surface area contributed by atoms with E-state index in [-0.39, 0.29) is 74.1 Å². The van der Waals surface area contributed by atoms with Gasteiger partial charge in [0, 0.05) is 29.2 Å². The summed E-state index contributed by atoms with van der Waals surface area (Å²) in [6.45, 7) is 15.8. The predicted molar refractivity (Wildman–Crippen MR) is 150 cm³/mol. The molecule has 0 aromatic carbocycles. The second kappa shape index (κ2) is 8.07. The van der Waals surface area contributed by atoms with E-state index >= 15 is 0 Å². The van der Waals surface area contributed by atoms with Gasteiger partial charge in [0.1, 0.15) is 11.9 Å². The van der Waals surface area contributed by atoms with Gasteiger partial charge >= 0.3 is 0 Å². The molecule has 0 spiro atoms. The number of ketones is 2. The van der Waals surface area contributed by atoms with E-state index < -0.39 is 5.41 Å². The molecule has 0 radical (unpaired) electrons. The summed E-state index contributed by atoms with van der Waals surface area (Å²) in [4.78, 5) is 41.1. The van der Waals surface area contributed by atoms with Crippen LogP contribution in [0.15, 0.2) is 11.6 Å². The molecule has 5 fully saturated rings. The average molecular weight is 533 g/mol.